The Morgan fingerprint density at radius 1 is 0.857 bits per heavy atom. The molecule has 2 unspecified atom stereocenters. The molecular weight excluding hydrogens is 340 g/mol. The zero-order valence-corrected chi connectivity index (χ0v) is 18.0. The monoisotopic (exact) mass is 376 g/mol. The summed E-state index contributed by atoms with van der Waals surface area (Å²) in [7, 11) is 0. The highest BCUT2D eigenvalue weighted by molar-refractivity contribution is 6.02. The Balaban J connectivity index is 0.000000295. The van der Waals surface area contributed by atoms with Crippen LogP contribution in [0.1, 0.15) is 58.1 Å². The van der Waals surface area contributed by atoms with Crippen LogP contribution in [0.4, 0.5) is 0 Å². The standard InChI is InChI=1S/C16H14.C11H22O/c1-13(15-9-5-3-6-10-15)14(2)16-11-7-4-8-12-16;1-5-7-9(3)8-11(12)10(4)6-2/h3-12H,1-2H2;8-10,12H,5-7H2,1-4H3/b;11-8+. The first kappa shape index (κ1) is 23.5. The molecule has 0 amide bonds. The predicted octanol–water partition coefficient (Wildman–Crippen LogP) is 8.32. The summed E-state index contributed by atoms with van der Waals surface area (Å²) in [6.45, 7) is 16.7. The number of hydrogen-bond acceptors (Lipinski definition) is 1. The molecule has 0 fully saturated rings. The lowest BCUT2D eigenvalue weighted by atomic mass is 9.95. The Hall–Kier alpha value is -2.54. The predicted molar refractivity (Wildman–Crippen MR) is 125 cm³/mol. The zero-order chi connectivity index (χ0) is 20.9. The van der Waals surface area contributed by atoms with Gasteiger partial charge in [0.05, 0.1) is 5.76 Å². The number of hydrogen-bond donors (Lipinski definition) is 1. The molecule has 0 saturated heterocycles. The Morgan fingerprint density at radius 3 is 1.64 bits per heavy atom. The van der Waals surface area contributed by atoms with Gasteiger partial charge in [0.1, 0.15) is 0 Å². The lowest BCUT2D eigenvalue weighted by Gasteiger charge is -2.10. The second kappa shape index (κ2) is 12.8. The van der Waals surface area contributed by atoms with Gasteiger partial charge in [0.15, 0.2) is 0 Å². The summed E-state index contributed by atoms with van der Waals surface area (Å²) in [6, 6.07) is 20.3. The van der Waals surface area contributed by atoms with E-state index in [4.69, 9.17) is 0 Å². The molecule has 0 aliphatic heterocycles. The smallest absolute Gasteiger partial charge is 0.0913 e. The molecule has 28 heavy (non-hydrogen) atoms. The molecule has 2 atom stereocenters. The normalized spacial score (nSPS) is 13.1. The third kappa shape index (κ3) is 8.00. The van der Waals surface area contributed by atoms with Crippen molar-refractivity contribution in [2.45, 2.75) is 47.0 Å². The van der Waals surface area contributed by atoms with Crippen LogP contribution in [-0.2, 0) is 0 Å². The maximum atomic E-state index is 9.58. The van der Waals surface area contributed by atoms with Crippen molar-refractivity contribution < 1.29 is 5.11 Å². The molecule has 2 rings (SSSR count). The number of allylic oxidation sites excluding steroid dienone is 4. The number of aliphatic hydroxyl groups is 1. The Morgan fingerprint density at radius 2 is 1.29 bits per heavy atom. The molecule has 1 nitrogen and oxygen atoms in total. The first-order valence-corrected chi connectivity index (χ1v) is 10.3. The molecule has 1 N–H and O–H groups in total. The third-order valence-corrected chi connectivity index (χ3v) is 4.93. The quantitative estimate of drug-likeness (QED) is 0.362. The fraction of sp³-hybridized carbons (Fsp3) is 0.333. The van der Waals surface area contributed by atoms with E-state index in [1.54, 1.807) is 0 Å². The molecule has 2 aromatic carbocycles. The van der Waals surface area contributed by atoms with Crippen molar-refractivity contribution in [3.63, 3.8) is 0 Å². The topological polar surface area (TPSA) is 20.2 Å². The molecule has 0 bridgehead atoms. The van der Waals surface area contributed by atoms with Crippen molar-refractivity contribution >= 4 is 11.1 Å². The number of aliphatic hydroxyl groups excluding tert-OH is 1. The van der Waals surface area contributed by atoms with Gasteiger partial charge in [0.2, 0.25) is 0 Å². The average Bonchev–Trinajstić information content (AvgIpc) is 2.73. The van der Waals surface area contributed by atoms with Crippen molar-refractivity contribution in [1.82, 2.24) is 0 Å². The molecule has 0 aliphatic carbocycles. The van der Waals surface area contributed by atoms with Crippen LogP contribution in [0, 0.1) is 11.8 Å². The van der Waals surface area contributed by atoms with Crippen molar-refractivity contribution in [3.8, 4) is 0 Å². The molecule has 0 saturated carbocycles. The van der Waals surface area contributed by atoms with Crippen LogP contribution in [0.15, 0.2) is 85.7 Å². The van der Waals surface area contributed by atoms with E-state index in [-0.39, 0.29) is 0 Å². The first-order chi connectivity index (χ1) is 13.4. The maximum Gasteiger partial charge on any atom is 0.0913 e. The summed E-state index contributed by atoms with van der Waals surface area (Å²) in [5, 5.41) is 9.58. The molecular formula is C27H36O. The highest BCUT2D eigenvalue weighted by Crippen LogP contribution is 2.27. The van der Waals surface area contributed by atoms with Crippen molar-refractivity contribution in [2.75, 3.05) is 0 Å². The Bertz CT molecular complexity index is 691. The average molecular weight is 377 g/mol. The van der Waals surface area contributed by atoms with Gasteiger partial charge in [0.25, 0.3) is 0 Å². The molecule has 0 spiro atoms. The summed E-state index contributed by atoms with van der Waals surface area (Å²) >= 11 is 0. The largest absolute Gasteiger partial charge is 0.512 e. The van der Waals surface area contributed by atoms with E-state index in [9.17, 15) is 5.11 Å². The van der Waals surface area contributed by atoms with Crippen LogP contribution in [0.2, 0.25) is 0 Å². The summed E-state index contributed by atoms with van der Waals surface area (Å²) < 4.78 is 0. The van der Waals surface area contributed by atoms with Gasteiger partial charge in [-0.2, -0.15) is 0 Å². The van der Waals surface area contributed by atoms with Crippen molar-refractivity contribution in [1.29, 1.82) is 0 Å². The molecule has 2 aromatic rings. The van der Waals surface area contributed by atoms with Gasteiger partial charge >= 0.3 is 0 Å². The van der Waals surface area contributed by atoms with Gasteiger partial charge in [-0.1, -0.05) is 108 Å². The molecule has 0 aliphatic rings. The van der Waals surface area contributed by atoms with Gasteiger partial charge in [-0.3, -0.25) is 0 Å². The van der Waals surface area contributed by atoms with E-state index in [0.717, 1.165) is 28.7 Å². The zero-order valence-electron chi connectivity index (χ0n) is 18.0. The van der Waals surface area contributed by atoms with Crippen molar-refractivity contribution in [3.05, 3.63) is 96.8 Å². The van der Waals surface area contributed by atoms with Crippen molar-refractivity contribution in [2.24, 2.45) is 11.8 Å². The van der Waals surface area contributed by atoms with Crippen LogP contribution in [0.3, 0.4) is 0 Å². The highest BCUT2D eigenvalue weighted by Gasteiger charge is 2.06. The SMILES string of the molecule is C=C(C(=C)c1ccccc1)c1ccccc1.CCCC(C)/C=C(/O)C(C)CC. The summed E-state index contributed by atoms with van der Waals surface area (Å²) in [6.07, 6.45) is 5.37. The lowest BCUT2D eigenvalue weighted by Crippen LogP contribution is -2.00. The van der Waals surface area contributed by atoms with Gasteiger partial charge in [-0.15, -0.1) is 0 Å². The minimum atomic E-state index is 0.323. The second-order valence-electron chi connectivity index (χ2n) is 7.36. The maximum absolute atomic E-state index is 9.58. The molecule has 0 aromatic heterocycles. The number of benzene rings is 2. The van der Waals surface area contributed by atoms with Gasteiger partial charge in [0, 0.05) is 5.92 Å². The molecule has 150 valence electrons. The third-order valence-electron chi connectivity index (χ3n) is 4.93. The van der Waals surface area contributed by atoms with E-state index in [2.05, 4.69) is 65.1 Å². The van der Waals surface area contributed by atoms with E-state index >= 15 is 0 Å². The Kier molecular flexibility index (Phi) is 10.7. The van der Waals surface area contributed by atoms with Gasteiger partial charge < -0.3 is 5.11 Å². The second-order valence-corrected chi connectivity index (χ2v) is 7.36. The minimum absolute atomic E-state index is 0.323. The minimum Gasteiger partial charge on any atom is -0.512 e. The summed E-state index contributed by atoms with van der Waals surface area (Å²) in [4.78, 5) is 0. The Labute approximate surface area is 172 Å². The first-order valence-electron chi connectivity index (χ1n) is 10.3. The van der Waals surface area contributed by atoms with E-state index in [1.165, 1.54) is 12.8 Å². The van der Waals surface area contributed by atoms with Crippen LogP contribution >= 0.6 is 0 Å². The molecule has 1 heteroatoms. The lowest BCUT2D eigenvalue weighted by molar-refractivity contribution is 0.329. The van der Waals surface area contributed by atoms with Crippen LogP contribution < -0.4 is 0 Å². The van der Waals surface area contributed by atoms with E-state index in [1.807, 2.05) is 42.5 Å². The van der Waals surface area contributed by atoms with Crippen LogP contribution in [0.5, 0.6) is 0 Å². The summed E-state index contributed by atoms with van der Waals surface area (Å²) in [5.41, 5.74) is 4.20. The van der Waals surface area contributed by atoms with Crippen LogP contribution in [0.25, 0.3) is 11.1 Å². The van der Waals surface area contributed by atoms with Crippen LogP contribution in [-0.4, -0.2) is 5.11 Å². The van der Waals surface area contributed by atoms with Gasteiger partial charge in [-0.25, -0.2) is 0 Å². The van der Waals surface area contributed by atoms with Gasteiger partial charge in [-0.05, 0) is 47.1 Å². The molecule has 0 heterocycles. The highest BCUT2D eigenvalue weighted by atomic mass is 16.3. The fourth-order valence-electron chi connectivity index (χ4n) is 2.83. The van der Waals surface area contributed by atoms with E-state index < -0.39 is 0 Å². The summed E-state index contributed by atoms with van der Waals surface area (Å²) in [5.74, 6) is 1.41. The number of rotatable bonds is 8. The molecule has 0 radical (unpaired) electrons. The van der Waals surface area contributed by atoms with E-state index in [0.29, 0.717) is 17.6 Å². The fourth-order valence-corrected chi connectivity index (χ4v) is 2.83.